The van der Waals surface area contributed by atoms with E-state index in [0.29, 0.717) is 23.3 Å². The molecule has 0 radical (unpaired) electrons. The van der Waals surface area contributed by atoms with Crippen LogP contribution in [-0.4, -0.2) is 20.4 Å². The van der Waals surface area contributed by atoms with Crippen LogP contribution in [-0.2, 0) is 14.8 Å². The van der Waals surface area contributed by atoms with Crippen molar-refractivity contribution in [2.75, 3.05) is 5.32 Å². The minimum atomic E-state index is -3.54. The molecule has 1 aromatic heterocycles. The molecule has 0 spiro atoms. The second kappa shape index (κ2) is 7.70. The number of benzene rings is 1. The molecule has 3 rings (SSSR count). The largest absolute Gasteiger partial charge is 0.461 e. The van der Waals surface area contributed by atoms with Gasteiger partial charge in [-0.25, -0.2) is 13.1 Å². The molecule has 0 saturated heterocycles. The fourth-order valence-corrected chi connectivity index (χ4v) is 4.06. The van der Waals surface area contributed by atoms with Crippen molar-refractivity contribution in [3.8, 4) is 0 Å². The van der Waals surface area contributed by atoms with Crippen LogP contribution in [0.1, 0.15) is 44.6 Å². The van der Waals surface area contributed by atoms with Gasteiger partial charge in [0.2, 0.25) is 15.9 Å². The molecule has 1 amide bonds. The summed E-state index contributed by atoms with van der Waals surface area (Å²) >= 11 is 0. The number of amides is 1. The zero-order valence-electron chi connectivity index (χ0n) is 15.6. The van der Waals surface area contributed by atoms with E-state index < -0.39 is 10.0 Å². The molecule has 2 aromatic rings. The number of furan rings is 1. The van der Waals surface area contributed by atoms with Crippen LogP contribution in [0.25, 0.3) is 6.08 Å². The maximum atomic E-state index is 12.1. The van der Waals surface area contributed by atoms with Crippen LogP contribution in [0.2, 0.25) is 0 Å². The highest BCUT2D eigenvalue weighted by Gasteiger charge is 2.36. The number of hydrogen-bond donors (Lipinski definition) is 2. The van der Waals surface area contributed by atoms with Crippen molar-refractivity contribution in [3.63, 3.8) is 0 Å². The Morgan fingerprint density at radius 2 is 1.85 bits per heavy atom. The highest BCUT2D eigenvalue weighted by Crippen LogP contribution is 2.47. The van der Waals surface area contributed by atoms with E-state index in [1.807, 2.05) is 12.1 Å². The fraction of sp³-hybridized carbons (Fsp3) is 0.350. The van der Waals surface area contributed by atoms with Crippen molar-refractivity contribution in [2.24, 2.45) is 5.92 Å². The first-order chi connectivity index (χ1) is 12.7. The van der Waals surface area contributed by atoms with Crippen molar-refractivity contribution in [2.45, 2.75) is 44.0 Å². The van der Waals surface area contributed by atoms with Crippen LogP contribution in [0, 0.1) is 5.92 Å². The lowest BCUT2D eigenvalue weighted by Gasteiger charge is -2.10. The van der Waals surface area contributed by atoms with Gasteiger partial charge in [-0.15, -0.1) is 0 Å². The Hall–Kier alpha value is -2.38. The number of sulfonamides is 1. The van der Waals surface area contributed by atoms with Crippen LogP contribution >= 0.6 is 0 Å². The lowest BCUT2D eigenvalue weighted by molar-refractivity contribution is -0.111. The van der Waals surface area contributed by atoms with Gasteiger partial charge in [-0.1, -0.05) is 6.92 Å². The number of nitrogens with one attached hydrogen (secondary N) is 2. The van der Waals surface area contributed by atoms with Gasteiger partial charge in [0.15, 0.2) is 0 Å². The Kier molecular flexibility index (Phi) is 5.53. The van der Waals surface area contributed by atoms with Gasteiger partial charge in [0.05, 0.1) is 4.90 Å². The van der Waals surface area contributed by atoms with Crippen molar-refractivity contribution in [1.82, 2.24) is 4.72 Å². The molecule has 27 heavy (non-hydrogen) atoms. The van der Waals surface area contributed by atoms with Gasteiger partial charge in [-0.2, -0.15) is 0 Å². The predicted molar refractivity (Wildman–Crippen MR) is 105 cm³/mol. The van der Waals surface area contributed by atoms with E-state index in [-0.39, 0.29) is 16.8 Å². The third kappa shape index (κ3) is 5.08. The van der Waals surface area contributed by atoms with E-state index in [4.69, 9.17) is 4.42 Å². The van der Waals surface area contributed by atoms with Gasteiger partial charge in [0.25, 0.3) is 0 Å². The van der Waals surface area contributed by atoms with E-state index in [1.54, 1.807) is 32.1 Å². The van der Waals surface area contributed by atoms with E-state index >= 15 is 0 Å². The third-order valence-corrected chi connectivity index (χ3v) is 6.02. The van der Waals surface area contributed by atoms with Gasteiger partial charge >= 0.3 is 0 Å². The minimum Gasteiger partial charge on any atom is -0.461 e. The molecular weight excluding hydrogens is 364 g/mol. The van der Waals surface area contributed by atoms with Crippen molar-refractivity contribution < 1.29 is 17.6 Å². The summed E-state index contributed by atoms with van der Waals surface area (Å²) in [5, 5.41) is 2.70. The number of rotatable bonds is 7. The maximum Gasteiger partial charge on any atom is 0.248 e. The lowest BCUT2D eigenvalue weighted by atomic mass is 10.3. The molecule has 0 bridgehead atoms. The third-order valence-electron chi connectivity index (χ3n) is 4.34. The van der Waals surface area contributed by atoms with Gasteiger partial charge in [-0.3, -0.25) is 4.79 Å². The molecule has 1 heterocycles. The topological polar surface area (TPSA) is 88.4 Å². The van der Waals surface area contributed by atoms with Crippen molar-refractivity contribution >= 4 is 27.7 Å². The van der Waals surface area contributed by atoms with Crippen LogP contribution in [0.15, 0.2) is 51.8 Å². The summed E-state index contributed by atoms with van der Waals surface area (Å²) in [7, 11) is -3.54. The first kappa shape index (κ1) is 19.4. The molecule has 2 atom stereocenters. The molecule has 0 aliphatic heterocycles. The maximum absolute atomic E-state index is 12.1. The van der Waals surface area contributed by atoms with Crippen LogP contribution in [0.5, 0.6) is 0 Å². The Balaban J connectivity index is 1.58. The van der Waals surface area contributed by atoms with Gasteiger partial charge in [0, 0.05) is 23.7 Å². The van der Waals surface area contributed by atoms with E-state index in [0.717, 1.165) is 12.2 Å². The SMILES string of the molecule is CC(C)NS(=O)(=O)c1ccc(NC(=O)/C=C/c2ccc([C@@H]3C[C@H]3C)o2)cc1. The Morgan fingerprint density at radius 3 is 2.44 bits per heavy atom. The van der Waals surface area contributed by atoms with Crippen LogP contribution in [0.4, 0.5) is 5.69 Å². The van der Waals surface area contributed by atoms with E-state index in [2.05, 4.69) is 17.0 Å². The van der Waals surface area contributed by atoms with Gasteiger partial charge < -0.3 is 9.73 Å². The Labute approximate surface area is 159 Å². The highest BCUT2D eigenvalue weighted by molar-refractivity contribution is 7.89. The minimum absolute atomic E-state index is 0.155. The average molecular weight is 388 g/mol. The second-order valence-electron chi connectivity index (χ2n) is 7.18. The fourth-order valence-electron chi connectivity index (χ4n) is 2.81. The number of hydrogen-bond acceptors (Lipinski definition) is 4. The van der Waals surface area contributed by atoms with Gasteiger partial charge in [0.1, 0.15) is 11.5 Å². The zero-order valence-corrected chi connectivity index (χ0v) is 16.4. The molecule has 1 aromatic carbocycles. The molecule has 1 aliphatic rings. The summed E-state index contributed by atoms with van der Waals surface area (Å²) in [5.74, 6) is 2.46. The summed E-state index contributed by atoms with van der Waals surface area (Å²) in [6, 6.07) is 9.64. The number of carbonyl (C=O) groups is 1. The molecule has 1 fully saturated rings. The molecule has 1 aliphatic carbocycles. The Morgan fingerprint density at radius 1 is 1.19 bits per heavy atom. The zero-order chi connectivity index (χ0) is 19.6. The molecule has 0 unspecified atom stereocenters. The number of carbonyl (C=O) groups excluding carboxylic acids is 1. The standard InChI is InChI=1S/C20H24N2O4S/c1-13(2)22-27(24,25)17-8-4-15(5-9-17)21-20(23)11-7-16-6-10-19(26-16)18-12-14(18)3/h4-11,13-14,18,22H,12H2,1-3H3,(H,21,23)/b11-7+/t14-,18-/m1/s1. The summed E-state index contributed by atoms with van der Waals surface area (Å²) in [5.41, 5.74) is 0.514. The first-order valence-corrected chi connectivity index (χ1v) is 10.4. The van der Waals surface area contributed by atoms with E-state index in [1.165, 1.54) is 18.2 Å². The Bertz CT molecular complexity index is 943. The first-order valence-electron chi connectivity index (χ1n) is 8.96. The van der Waals surface area contributed by atoms with Crippen molar-refractivity contribution in [3.05, 3.63) is 54.0 Å². The summed E-state index contributed by atoms with van der Waals surface area (Å²) < 4.78 is 32.4. The summed E-state index contributed by atoms with van der Waals surface area (Å²) in [6.07, 6.45) is 4.16. The molecule has 1 saturated carbocycles. The predicted octanol–water partition coefficient (Wildman–Crippen LogP) is 3.74. The monoisotopic (exact) mass is 388 g/mol. The highest BCUT2D eigenvalue weighted by atomic mass is 32.2. The molecule has 2 N–H and O–H groups in total. The summed E-state index contributed by atoms with van der Waals surface area (Å²) in [4.78, 5) is 12.2. The summed E-state index contributed by atoms with van der Waals surface area (Å²) in [6.45, 7) is 5.70. The van der Waals surface area contributed by atoms with Crippen molar-refractivity contribution in [1.29, 1.82) is 0 Å². The van der Waals surface area contributed by atoms with Crippen LogP contribution < -0.4 is 10.0 Å². The van der Waals surface area contributed by atoms with Crippen LogP contribution in [0.3, 0.4) is 0 Å². The smallest absolute Gasteiger partial charge is 0.248 e. The molecular formula is C20H24N2O4S. The molecule has 144 valence electrons. The number of anilines is 1. The average Bonchev–Trinajstić information content (AvgIpc) is 3.14. The molecule has 6 nitrogen and oxygen atoms in total. The normalized spacial score (nSPS) is 19.6. The second-order valence-corrected chi connectivity index (χ2v) is 8.90. The quantitative estimate of drug-likeness (QED) is 0.707. The lowest BCUT2D eigenvalue weighted by Crippen LogP contribution is -2.30. The molecule has 7 heteroatoms. The van der Waals surface area contributed by atoms with Gasteiger partial charge in [-0.05, 0) is 68.7 Å². The van der Waals surface area contributed by atoms with E-state index in [9.17, 15) is 13.2 Å².